The monoisotopic (exact) mass is 339 g/mol. The molecule has 0 radical (unpaired) electrons. The summed E-state index contributed by atoms with van der Waals surface area (Å²) in [6.45, 7) is 9.27. The van der Waals surface area contributed by atoms with E-state index >= 15 is 0 Å². The van der Waals surface area contributed by atoms with Crippen LogP contribution in [0.2, 0.25) is 0 Å². The summed E-state index contributed by atoms with van der Waals surface area (Å²) in [5.74, 6) is 0.145. The number of amides is 1. The smallest absolute Gasteiger partial charge is 0.270 e. The molecule has 1 fully saturated rings. The minimum atomic E-state index is 0.145. The molecule has 1 aliphatic heterocycles. The van der Waals surface area contributed by atoms with Gasteiger partial charge in [-0.1, -0.05) is 37.3 Å². The van der Waals surface area contributed by atoms with Crippen LogP contribution in [0.25, 0.3) is 11.3 Å². The molecule has 0 unspecified atom stereocenters. The zero-order valence-corrected chi connectivity index (χ0v) is 15.8. The third kappa shape index (κ3) is 3.49. The van der Waals surface area contributed by atoms with E-state index in [1.807, 2.05) is 46.8 Å². The number of carbonyl (C=O) groups is 1. The van der Waals surface area contributed by atoms with Gasteiger partial charge in [-0.2, -0.15) is 0 Å². The highest BCUT2D eigenvalue weighted by molar-refractivity contribution is 5.94. The summed E-state index contributed by atoms with van der Waals surface area (Å²) >= 11 is 0. The van der Waals surface area contributed by atoms with Gasteiger partial charge in [0.2, 0.25) is 0 Å². The van der Waals surface area contributed by atoms with Crippen molar-refractivity contribution in [3.05, 3.63) is 48.2 Å². The molecule has 2 heterocycles. The van der Waals surface area contributed by atoms with Crippen LogP contribution in [-0.4, -0.2) is 52.0 Å². The molecule has 4 heteroatoms. The Morgan fingerprint density at radius 2 is 1.84 bits per heavy atom. The van der Waals surface area contributed by atoms with Crippen molar-refractivity contribution in [2.75, 3.05) is 19.6 Å². The van der Waals surface area contributed by atoms with Gasteiger partial charge >= 0.3 is 0 Å². The van der Waals surface area contributed by atoms with Gasteiger partial charge in [0.15, 0.2) is 0 Å². The van der Waals surface area contributed by atoms with Crippen molar-refractivity contribution >= 4 is 5.91 Å². The van der Waals surface area contributed by atoms with Gasteiger partial charge in [-0.05, 0) is 38.0 Å². The summed E-state index contributed by atoms with van der Waals surface area (Å²) in [6, 6.07) is 15.2. The Kier molecular flexibility index (Phi) is 5.28. The molecule has 1 atom stereocenters. The van der Waals surface area contributed by atoms with E-state index in [-0.39, 0.29) is 5.91 Å². The van der Waals surface area contributed by atoms with Crippen LogP contribution < -0.4 is 0 Å². The molecule has 1 saturated heterocycles. The van der Waals surface area contributed by atoms with Crippen molar-refractivity contribution in [1.29, 1.82) is 0 Å². The van der Waals surface area contributed by atoms with E-state index in [4.69, 9.17) is 0 Å². The number of rotatable bonds is 4. The van der Waals surface area contributed by atoms with E-state index in [9.17, 15) is 4.79 Å². The standard InChI is InChI=1S/C21H29N3O/c1-5-18-15-23(13-14-24(18)16(2)3)21(25)20-12-11-19(22(20)4)17-9-7-6-8-10-17/h6-12,16,18H,5,13-15H2,1-4H3/t18-/m1/s1. The number of hydrogen-bond acceptors (Lipinski definition) is 2. The molecule has 0 aliphatic carbocycles. The van der Waals surface area contributed by atoms with Crippen LogP contribution in [0.5, 0.6) is 0 Å². The maximum Gasteiger partial charge on any atom is 0.270 e. The van der Waals surface area contributed by atoms with E-state index < -0.39 is 0 Å². The van der Waals surface area contributed by atoms with Crippen molar-refractivity contribution in [1.82, 2.24) is 14.4 Å². The molecule has 1 aliphatic rings. The SMILES string of the molecule is CC[C@@H]1CN(C(=O)c2ccc(-c3ccccc3)n2C)CCN1C(C)C. The molecule has 25 heavy (non-hydrogen) atoms. The summed E-state index contributed by atoms with van der Waals surface area (Å²) in [5.41, 5.74) is 2.99. The molecule has 4 nitrogen and oxygen atoms in total. The van der Waals surface area contributed by atoms with E-state index in [1.165, 1.54) is 0 Å². The fraction of sp³-hybridized carbons (Fsp3) is 0.476. The van der Waals surface area contributed by atoms with E-state index in [0.717, 1.165) is 43.0 Å². The molecule has 134 valence electrons. The largest absolute Gasteiger partial charge is 0.340 e. The van der Waals surface area contributed by atoms with Gasteiger partial charge in [0.05, 0.1) is 0 Å². The number of aromatic nitrogens is 1. The molecule has 1 aromatic heterocycles. The second-order valence-corrected chi connectivity index (χ2v) is 7.17. The molecular formula is C21H29N3O. The van der Waals surface area contributed by atoms with Crippen LogP contribution >= 0.6 is 0 Å². The first-order valence-electron chi connectivity index (χ1n) is 9.29. The lowest BCUT2D eigenvalue weighted by atomic mass is 10.1. The van der Waals surface area contributed by atoms with Gasteiger partial charge in [0.25, 0.3) is 5.91 Å². The molecule has 1 aromatic carbocycles. The second-order valence-electron chi connectivity index (χ2n) is 7.17. The molecule has 1 amide bonds. The van der Waals surface area contributed by atoms with Crippen molar-refractivity contribution < 1.29 is 4.79 Å². The van der Waals surface area contributed by atoms with Crippen molar-refractivity contribution in [3.63, 3.8) is 0 Å². The van der Waals surface area contributed by atoms with Gasteiger partial charge in [0.1, 0.15) is 5.69 Å². The second kappa shape index (κ2) is 7.44. The summed E-state index contributed by atoms with van der Waals surface area (Å²) in [7, 11) is 1.98. The lowest BCUT2D eigenvalue weighted by molar-refractivity contribution is 0.0365. The molecule has 2 aromatic rings. The third-order valence-electron chi connectivity index (χ3n) is 5.36. The zero-order chi connectivity index (χ0) is 18.0. The molecular weight excluding hydrogens is 310 g/mol. The third-order valence-corrected chi connectivity index (χ3v) is 5.36. The summed E-state index contributed by atoms with van der Waals surface area (Å²) < 4.78 is 2.02. The Hall–Kier alpha value is -2.07. The lowest BCUT2D eigenvalue weighted by Crippen LogP contribution is -2.56. The Bertz CT molecular complexity index is 720. The minimum absolute atomic E-state index is 0.145. The van der Waals surface area contributed by atoms with Crippen LogP contribution in [0.4, 0.5) is 0 Å². The van der Waals surface area contributed by atoms with Crippen LogP contribution in [-0.2, 0) is 7.05 Å². The number of nitrogens with zero attached hydrogens (tertiary/aromatic N) is 3. The molecule has 0 spiro atoms. The van der Waals surface area contributed by atoms with Gasteiger partial charge in [-0.25, -0.2) is 0 Å². The van der Waals surface area contributed by atoms with Crippen LogP contribution in [0, 0.1) is 0 Å². The minimum Gasteiger partial charge on any atom is -0.340 e. The molecule has 0 N–H and O–H groups in total. The normalized spacial score (nSPS) is 18.8. The average Bonchev–Trinajstić information content (AvgIpc) is 3.02. The van der Waals surface area contributed by atoms with E-state index in [0.29, 0.717) is 12.1 Å². The first kappa shape index (κ1) is 17.7. The fourth-order valence-corrected chi connectivity index (χ4v) is 3.88. The Morgan fingerprint density at radius 1 is 1.12 bits per heavy atom. The van der Waals surface area contributed by atoms with E-state index in [1.54, 1.807) is 0 Å². The summed E-state index contributed by atoms with van der Waals surface area (Å²) in [5, 5.41) is 0. The molecule has 3 rings (SSSR count). The van der Waals surface area contributed by atoms with Gasteiger partial charge in [-0.15, -0.1) is 0 Å². The van der Waals surface area contributed by atoms with Crippen LogP contribution in [0.15, 0.2) is 42.5 Å². The van der Waals surface area contributed by atoms with Gasteiger partial charge in [-0.3, -0.25) is 9.69 Å². The molecule has 0 saturated carbocycles. The van der Waals surface area contributed by atoms with Crippen LogP contribution in [0.3, 0.4) is 0 Å². The quantitative estimate of drug-likeness (QED) is 0.851. The number of benzene rings is 1. The predicted molar refractivity (Wildman–Crippen MR) is 103 cm³/mol. The lowest BCUT2D eigenvalue weighted by Gasteiger charge is -2.43. The Morgan fingerprint density at radius 3 is 2.48 bits per heavy atom. The number of hydrogen-bond donors (Lipinski definition) is 0. The maximum absolute atomic E-state index is 13.1. The fourth-order valence-electron chi connectivity index (χ4n) is 3.88. The van der Waals surface area contributed by atoms with Gasteiger partial charge < -0.3 is 9.47 Å². The molecule has 0 bridgehead atoms. The highest BCUT2D eigenvalue weighted by atomic mass is 16.2. The van der Waals surface area contributed by atoms with Crippen molar-refractivity contribution in [3.8, 4) is 11.3 Å². The van der Waals surface area contributed by atoms with Gasteiger partial charge in [0, 0.05) is 44.5 Å². The average molecular weight is 339 g/mol. The number of carbonyl (C=O) groups excluding carboxylic acids is 1. The predicted octanol–water partition coefficient (Wildman–Crippen LogP) is 3.64. The first-order valence-corrected chi connectivity index (χ1v) is 9.29. The summed E-state index contributed by atoms with van der Waals surface area (Å²) in [6.07, 6.45) is 1.07. The highest BCUT2D eigenvalue weighted by Crippen LogP contribution is 2.23. The Balaban J connectivity index is 1.79. The first-order chi connectivity index (χ1) is 12.0. The van der Waals surface area contributed by atoms with Crippen molar-refractivity contribution in [2.45, 2.75) is 39.3 Å². The Labute approximate surface area is 151 Å². The number of piperazine rings is 1. The van der Waals surface area contributed by atoms with Crippen LogP contribution in [0.1, 0.15) is 37.7 Å². The van der Waals surface area contributed by atoms with Crippen molar-refractivity contribution in [2.24, 2.45) is 7.05 Å². The van der Waals surface area contributed by atoms with E-state index in [2.05, 4.69) is 37.8 Å². The topological polar surface area (TPSA) is 28.5 Å². The summed E-state index contributed by atoms with van der Waals surface area (Å²) in [4.78, 5) is 17.6. The maximum atomic E-state index is 13.1. The highest BCUT2D eigenvalue weighted by Gasteiger charge is 2.31. The zero-order valence-electron chi connectivity index (χ0n) is 15.8.